The van der Waals surface area contributed by atoms with E-state index < -0.39 is 10.0 Å². The summed E-state index contributed by atoms with van der Waals surface area (Å²) in [5.74, 6) is 0. The average molecular weight is 321 g/mol. The van der Waals surface area contributed by atoms with E-state index in [9.17, 15) is 8.42 Å². The predicted molar refractivity (Wildman–Crippen MR) is 87.8 cm³/mol. The minimum atomic E-state index is -3.40. The SMILES string of the molecule is Cc1ccc(/C=C/S(=O)(=O)NC2CCC23CCOCC3)cc1. The summed E-state index contributed by atoms with van der Waals surface area (Å²) in [6.07, 6.45) is 5.60. The van der Waals surface area contributed by atoms with E-state index >= 15 is 0 Å². The Morgan fingerprint density at radius 2 is 1.86 bits per heavy atom. The van der Waals surface area contributed by atoms with E-state index in [2.05, 4.69) is 4.72 Å². The zero-order valence-corrected chi connectivity index (χ0v) is 13.7. The van der Waals surface area contributed by atoms with Gasteiger partial charge < -0.3 is 4.74 Å². The van der Waals surface area contributed by atoms with Gasteiger partial charge in [-0.3, -0.25) is 0 Å². The molecule has 2 fully saturated rings. The molecule has 1 aliphatic heterocycles. The number of benzene rings is 1. The van der Waals surface area contributed by atoms with Crippen molar-refractivity contribution in [3.8, 4) is 0 Å². The highest BCUT2D eigenvalue weighted by Crippen LogP contribution is 2.48. The molecule has 1 spiro atoms. The van der Waals surface area contributed by atoms with Crippen molar-refractivity contribution >= 4 is 16.1 Å². The van der Waals surface area contributed by atoms with E-state index in [4.69, 9.17) is 4.74 Å². The molecule has 0 radical (unpaired) electrons. The van der Waals surface area contributed by atoms with Crippen LogP contribution in [0.15, 0.2) is 29.7 Å². The normalized spacial score (nSPS) is 24.5. The standard InChI is InChI=1S/C17H23NO3S/c1-14-2-4-15(5-3-14)7-13-22(19,20)18-16-6-8-17(16)9-11-21-12-10-17/h2-5,7,13,16,18H,6,8-12H2,1H3/b13-7+. The van der Waals surface area contributed by atoms with Crippen LogP contribution in [0, 0.1) is 12.3 Å². The Morgan fingerprint density at radius 3 is 2.45 bits per heavy atom. The molecule has 22 heavy (non-hydrogen) atoms. The largest absolute Gasteiger partial charge is 0.381 e. The van der Waals surface area contributed by atoms with Gasteiger partial charge in [0, 0.05) is 24.7 Å². The third kappa shape index (κ3) is 3.42. The Labute approximate surface area is 132 Å². The summed E-state index contributed by atoms with van der Waals surface area (Å²) >= 11 is 0. The van der Waals surface area contributed by atoms with Crippen molar-refractivity contribution < 1.29 is 13.2 Å². The fraction of sp³-hybridized carbons (Fsp3) is 0.529. The molecule has 1 heterocycles. The van der Waals surface area contributed by atoms with Crippen molar-refractivity contribution in [3.63, 3.8) is 0 Å². The van der Waals surface area contributed by atoms with Crippen LogP contribution in [0.3, 0.4) is 0 Å². The molecule has 3 rings (SSSR count). The maximum absolute atomic E-state index is 12.3. The Balaban J connectivity index is 1.65. The second-order valence-electron chi connectivity index (χ2n) is 6.44. The monoisotopic (exact) mass is 321 g/mol. The first-order valence-corrected chi connectivity index (χ1v) is 9.39. The minimum absolute atomic E-state index is 0.0593. The van der Waals surface area contributed by atoms with Crippen LogP contribution in [0.5, 0.6) is 0 Å². The highest BCUT2D eigenvalue weighted by atomic mass is 32.2. The van der Waals surface area contributed by atoms with Gasteiger partial charge in [0.1, 0.15) is 0 Å². The molecule has 5 heteroatoms. The Morgan fingerprint density at radius 1 is 1.18 bits per heavy atom. The summed E-state index contributed by atoms with van der Waals surface area (Å²) in [5.41, 5.74) is 2.18. The molecular weight excluding hydrogens is 298 g/mol. The van der Waals surface area contributed by atoms with Crippen molar-refractivity contribution in [2.45, 2.75) is 38.6 Å². The highest BCUT2D eigenvalue weighted by Gasteiger charge is 2.48. The second kappa shape index (κ2) is 6.14. The van der Waals surface area contributed by atoms with Crippen LogP contribution in [-0.4, -0.2) is 27.7 Å². The van der Waals surface area contributed by atoms with Gasteiger partial charge in [-0.25, -0.2) is 13.1 Å². The Kier molecular flexibility index (Phi) is 4.39. The van der Waals surface area contributed by atoms with Gasteiger partial charge in [0.05, 0.1) is 0 Å². The second-order valence-corrected chi connectivity index (χ2v) is 8.04. The molecule has 1 aliphatic carbocycles. The molecule has 1 N–H and O–H groups in total. The number of rotatable bonds is 4. The summed E-state index contributed by atoms with van der Waals surface area (Å²) in [6, 6.07) is 7.85. The van der Waals surface area contributed by atoms with Gasteiger partial charge >= 0.3 is 0 Å². The van der Waals surface area contributed by atoms with E-state index in [-0.39, 0.29) is 11.5 Å². The van der Waals surface area contributed by atoms with Crippen LogP contribution < -0.4 is 4.72 Å². The summed E-state index contributed by atoms with van der Waals surface area (Å²) < 4.78 is 32.8. The fourth-order valence-corrected chi connectivity index (χ4v) is 4.52. The number of nitrogens with one attached hydrogen (secondary N) is 1. The summed E-state index contributed by atoms with van der Waals surface area (Å²) in [7, 11) is -3.40. The van der Waals surface area contributed by atoms with Crippen molar-refractivity contribution in [1.29, 1.82) is 0 Å². The van der Waals surface area contributed by atoms with Crippen molar-refractivity contribution in [2.75, 3.05) is 13.2 Å². The Hall–Kier alpha value is -1.17. The number of ether oxygens (including phenoxy) is 1. The van der Waals surface area contributed by atoms with Crippen LogP contribution in [0.4, 0.5) is 0 Å². The van der Waals surface area contributed by atoms with E-state index in [0.29, 0.717) is 0 Å². The molecule has 120 valence electrons. The van der Waals surface area contributed by atoms with Crippen LogP contribution in [-0.2, 0) is 14.8 Å². The lowest BCUT2D eigenvalue weighted by Gasteiger charge is -2.51. The molecule has 2 aliphatic rings. The number of aryl methyl sites for hydroxylation is 1. The molecule has 4 nitrogen and oxygen atoms in total. The first-order chi connectivity index (χ1) is 10.5. The van der Waals surface area contributed by atoms with Crippen molar-refractivity contribution in [2.24, 2.45) is 5.41 Å². The predicted octanol–water partition coefficient (Wildman–Crippen LogP) is 2.84. The summed E-state index contributed by atoms with van der Waals surface area (Å²) in [4.78, 5) is 0. The van der Waals surface area contributed by atoms with Crippen LogP contribution in [0.2, 0.25) is 0 Å². The molecule has 1 aromatic carbocycles. The zero-order chi connectivity index (χ0) is 15.6. The minimum Gasteiger partial charge on any atom is -0.381 e. The first kappa shape index (κ1) is 15.7. The topological polar surface area (TPSA) is 55.4 Å². The van der Waals surface area contributed by atoms with Crippen molar-refractivity contribution in [1.82, 2.24) is 4.72 Å². The zero-order valence-electron chi connectivity index (χ0n) is 12.9. The fourth-order valence-electron chi connectivity index (χ4n) is 3.34. The van der Waals surface area contributed by atoms with E-state index in [1.807, 2.05) is 31.2 Å². The highest BCUT2D eigenvalue weighted by molar-refractivity contribution is 7.92. The molecule has 1 saturated heterocycles. The summed E-state index contributed by atoms with van der Waals surface area (Å²) in [6.45, 7) is 3.50. The van der Waals surface area contributed by atoms with Crippen LogP contribution >= 0.6 is 0 Å². The van der Waals surface area contributed by atoms with Gasteiger partial charge in [0.25, 0.3) is 0 Å². The lowest BCUT2D eigenvalue weighted by atomic mass is 9.60. The third-order valence-corrected chi connectivity index (χ3v) is 6.09. The van der Waals surface area contributed by atoms with Crippen LogP contribution in [0.1, 0.15) is 36.8 Å². The van der Waals surface area contributed by atoms with Crippen LogP contribution in [0.25, 0.3) is 6.08 Å². The van der Waals surface area contributed by atoms with Gasteiger partial charge in [-0.1, -0.05) is 29.8 Å². The maximum Gasteiger partial charge on any atom is 0.233 e. The van der Waals surface area contributed by atoms with E-state index in [1.165, 1.54) is 5.41 Å². The lowest BCUT2D eigenvalue weighted by Crippen LogP contribution is -2.56. The number of hydrogen-bond acceptors (Lipinski definition) is 3. The summed E-state index contributed by atoms with van der Waals surface area (Å²) in [5, 5.41) is 1.28. The van der Waals surface area contributed by atoms with Gasteiger partial charge in [-0.05, 0) is 49.7 Å². The average Bonchev–Trinajstić information content (AvgIpc) is 2.52. The van der Waals surface area contributed by atoms with Gasteiger partial charge in [-0.15, -0.1) is 0 Å². The maximum atomic E-state index is 12.3. The van der Waals surface area contributed by atoms with Gasteiger partial charge in [-0.2, -0.15) is 0 Å². The van der Waals surface area contributed by atoms with Gasteiger partial charge in [0.2, 0.25) is 10.0 Å². The van der Waals surface area contributed by atoms with E-state index in [1.54, 1.807) is 6.08 Å². The molecular formula is C17H23NO3S. The number of hydrogen-bond donors (Lipinski definition) is 1. The molecule has 1 aromatic rings. The third-order valence-electron chi connectivity index (χ3n) is 4.98. The molecule has 0 aromatic heterocycles. The molecule has 0 bridgehead atoms. The molecule has 0 amide bonds. The molecule has 1 atom stereocenters. The smallest absolute Gasteiger partial charge is 0.233 e. The van der Waals surface area contributed by atoms with E-state index in [0.717, 1.165) is 50.0 Å². The first-order valence-electron chi connectivity index (χ1n) is 7.84. The van der Waals surface area contributed by atoms with Crippen molar-refractivity contribution in [3.05, 3.63) is 40.8 Å². The number of sulfonamides is 1. The van der Waals surface area contributed by atoms with Gasteiger partial charge in [0.15, 0.2) is 0 Å². The Bertz CT molecular complexity index is 643. The lowest BCUT2D eigenvalue weighted by molar-refractivity contribution is -0.0482. The molecule has 1 saturated carbocycles. The quantitative estimate of drug-likeness (QED) is 0.928. The molecule has 1 unspecified atom stereocenters.